The second kappa shape index (κ2) is 4.58. The van der Waals surface area contributed by atoms with Crippen LogP contribution in [0.3, 0.4) is 0 Å². The Morgan fingerprint density at radius 1 is 1.77 bits per heavy atom. The summed E-state index contributed by atoms with van der Waals surface area (Å²) in [5.74, 6) is 0.152. The summed E-state index contributed by atoms with van der Waals surface area (Å²) in [5, 5.41) is 2.88. The van der Waals surface area contributed by atoms with Gasteiger partial charge in [-0.05, 0) is 13.8 Å². The Bertz CT molecular complexity index is 182. The van der Waals surface area contributed by atoms with Gasteiger partial charge in [0.25, 0.3) is 0 Å². The Hall–Kier alpha value is -0.610. The standard InChI is InChI=1S/C9H19N3O/c1-7(10)6-12-4-3-9(13)11-5-8(12)2/h7-8H,3-6,10H2,1-2H3,(H,11,13). The van der Waals surface area contributed by atoms with Gasteiger partial charge in [0.1, 0.15) is 0 Å². The molecule has 0 aromatic carbocycles. The van der Waals surface area contributed by atoms with E-state index >= 15 is 0 Å². The third-order valence-corrected chi connectivity index (χ3v) is 2.37. The van der Waals surface area contributed by atoms with E-state index in [2.05, 4.69) is 17.1 Å². The van der Waals surface area contributed by atoms with Crippen LogP contribution in [0.25, 0.3) is 0 Å². The lowest BCUT2D eigenvalue weighted by Gasteiger charge is -2.27. The molecule has 1 aliphatic rings. The van der Waals surface area contributed by atoms with Crippen molar-refractivity contribution >= 4 is 5.91 Å². The molecule has 13 heavy (non-hydrogen) atoms. The van der Waals surface area contributed by atoms with Gasteiger partial charge in [0.2, 0.25) is 5.91 Å². The van der Waals surface area contributed by atoms with Crippen LogP contribution in [0.4, 0.5) is 0 Å². The summed E-state index contributed by atoms with van der Waals surface area (Å²) in [6.07, 6.45) is 0.594. The van der Waals surface area contributed by atoms with Crippen LogP contribution in [0.5, 0.6) is 0 Å². The van der Waals surface area contributed by atoms with Crippen LogP contribution in [0.1, 0.15) is 20.3 Å². The van der Waals surface area contributed by atoms with Crippen LogP contribution in [-0.4, -0.2) is 42.5 Å². The Morgan fingerprint density at radius 3 is 3.08 bits per heavy atom. The van der Waals surface area contributed by atoms with E-state index in [1.807, 2.05) is 6.92 Å². The van der Waals surface area contributed by atoms with E-state index in [9.17, 15) is 4.79 Å². The molecular weight excluding hydrogens is 166 g/mol. The van der Waals surface area contributed by atoms with Crippen molar-refractivity contribution in [1.82, 2.24) is 10.2 Å². The minimum Gasteiger partial charge on any atom is -0.355 e. The molecule has 76 valence electrons. The summed E-state index contributed by atoms with van der Waals surface area (Å²) < 4.78 is 0. The Kier molecular flexibility index (Phi) is 3.69. The van der Waals surface area contributed by atoms with Gasteiger partial charge in [-0.2, -0.15) is 0 Å². The molecule has 0 spiro atoms. The van der Waals surface area contributed by atoms with Gasteiger partial charge in [-0.3, -0.25) is 9.69 Å². The maximum absolute atomic E-state index is 11.1. The second-order valence-corrected chi connectivity index (χ2v) is 3.88. The molecule has 0 aromatic heterocycles. The van der Waals surface area contributed by atoms with E-state index in [0.717, 1.165) is 19.6 Å². The van der Waals surface area contributed by atoms with E-state index in [1.165, 1.54) is 0 Å². The topological polar surface area (TPSA) is 58.4 Å². The molecule has 0 bridgehead atoms. The van der Waals surface area contributed by atoms with Crippen molar-refractivity contribution in [2.24, 2.45) is 5.73 Å². The fourth-order valence-corrected chi connectivity index (χ4v) is 1.59. The third kappa shape index (κ3) is 3.32. The van der Waals surface area contributed by atoms with Gasteiger partial charge < -0.3 is 11.1 Å². The minimum atomic E-state index is 0.152. The number of nitrogens with one attached hydrogen (secondary N) is 1. The van der Waals surface area contributed by atoms with Gasteiger partial charge in [0.15, 0.2) is 0 Å². The molecule has 1 saturated heterocycles. The van der Waals surface area contributed by atoms with Crippen LogP contribution >= 0.6 is 0 Å². The van der Waals surface area contributed by atoms with Crippen LogP contribution in [0.15, 0.2) is 0 Å². The zero-order valence-electron chi connectivity index (χ0n) is 8.42. The molecule has 0 radical (unpaired) electrons. The van der Waals surface area contributed by atoms with Gasteiger partial charge in [-0.15, -0.1) is 0 Å². The lowest BCUT2D eigenvalue weighted by atomic mass is 10.2. The highest BCUT2D eigenvalue weighted by Crippen LogP contribution is 2.04. The number of nitrogens with zero attached hydrogens (tertiary/aromatic N) is 1. The first kappa shape index (κ1) is 10.5. The van der Waals surface area contributed by atoms with Crippen molar-refractivity contribution < 1.29 is 4.79 Å². The number of carbonyl (C=O) groups is 1. The van der Waals surface area contributed by atoms with E-state index in [1.54, 1.807) is 0 Å². The number of hydrogen-bond acceptors (Lipinski definition) is 3. The summed E-state index contributed by atoms with van der Waals surface area (Å²) in [7, 11) is 0. The van der Waals surface area contributed by atoms with Crippen molar-refractivity contribution in [2.45, 2.75) is 32.4 Å². The smallest absolute Gasteiger partial charge is 0.221 e. The van der Waals surface area contributed by atoms with Crippen molar-refractivity contribution in [3.63, 3.8) is 0 Å². The monoisotopic (exact) mass is 185 g/mol. The molecule has 1 fully saturated rings. The average molecular weight is 185 g/mol. The lowest BCUT2D eigenvalue weighted by molar-refractivity contribution is -0.120. The van der Waals surface area contributed by atoms with Crippen molar-refractivity contribution in [1.29, 1.82) is 0 Å². The third-order valence-electron chi connectivity index (χ3n) is 2.37. The molecule has 2 atom stereocenters. The summed E-state index contributed by atoms with van der Waals surface area (Å²) >= 11 is 0. The molecule has 1 aliphatic heterocycles. The zero-order chi connectivity index (χ0) is 9.84. The number of nitrogens with two attached hydrogens (primary N) is 1. The fourth-order valence-electron chi connectivity index (χ4n) is 1.59. The molecule has 2 unspecified atom stereocenters. The van der Waals surface area contributed by atoms with Crippen LogP contribution in [-0.2, 0) is 4.79 Å². The van der Waals surface area contributed by atoms with Gasteiger partial charge in [-0.1, -0.05) is 0 Å². The molecule has 4 heteroatoms. The Balaban J connectivity index is 2.47. The lowest BCUT2D eigenvalue weighted by Crippen LogP contribution is -2.43. The highest BCUT2D eigenvalue weighted by Gasteiger charge is 2.20. The zero-order valence-corrected chi connectivity index (χ0v) is 8.42. The minimum absolute atomic E-state index is 0.152. The quantitative estimate of drug-likeness (QED) is 0.612. The second-order valence-electron chi connectivity index (χ2n) is 3.88. The van der Waals surface area contributed by atoms with Crippen molar-refractivity contribution in [2.75, 3.05) is 19.6 Å². The maximum atomic E-state index is 11.1. The van der Waals surface area contributed by atoms with Crippen LogP contribution in [0.2, 0.25) is 0 Å². The van der Waals surface area contributed by atoms with Crippen molar-refractivity contribution in [3.8, 4) is 0 Å². The molecule has 1 heterocycles. The van der Waals surface area contributed by atoms with Gasteiger partial charge in [0, 0.05) is 38.1 Å². The average Bonchev–Trinajstić information content (AvgIpc) is 2.19. The molecule has 4 nitrogen and oxygen atoms in total. The summed E-state index contributed by atoms with van der Waals surface area (Å²) in [4.78, 5) is 13.4. The fraction of sp³-hybridized carbons (Fsp3) is 0.889. The van der Waals surface area contributed by atoms with E-state index in [0.29, 0.717) is 12.5 Å². The van der Waals surface area contributed by atoms with Crippen LogP contribution in [0, 0.1) is 0 Å². The number of rotatable bonds is 2. The van der Waals surface area contributed by atoms with E-state index < -0.39 is 0 Å². The highest BCUT2D eigenvalue weighted by atomic mass is 16.1. The highest BCUT2D eigenvalue weighted by molar-refractivity contribution is 5.76. The van der Waals surface area contributed by atoms with Gasteiger partial charge >= 0.3 is 0 Å². The first-order valence-electron chi connectivity index (χ1n) is 4.86. The summed E-state index contributed by atoms with van der Waals surface area (Å²) in [5.41, 5.74) is 5.72. The molecule has 0 saturated carbocycles. The molecular formula is C9H19N3O. The molecule has 0 aromatic rings. The molecule has 0 aliphatic carbocycles. The van der Waals surface area contributed by atoms with Crippen molar-refractivity contribution in [3.05, 3.63) is 0 Å². The molecule has 1 amide bonds. The normalized spacial score (nSPS) is 27.9. The van der Waals surface area contributed by atoms with Gasteiger partial charge in [0.05, 0.1) is 0 Å². The van der Waals surface area contributed by atoms with E-state index in [-0.39, 0.29) is 11.9 Å². The predicted octanol–water partition coefficient (Wildman–Crippen LogP) is -0.456. The number of amides is 1. The van der Waals surface area contributed by atoms with E-state index in [4.69, 9.17) is 5.73 Å². The Morgan fingerprint density at radius 2 is 2.46 bits per heavy atom. The molecule has 1 rings (SSSR count). The number of hydrogen-bond donors (Lipinski definition) is 2. The molecule has 3 N–H and O–H groups in total. The van der Waals surface area contributed by atoms with Gasteiger partial charge in [-0.25, -0.2) is 0 Å². The first-order chi connectivity index (χ1) is 6.09. The number of carbonyl (C=O) groups excluding carboxylic acids is 1. The maximum Gasteiger partial charge on any atom is 0.221 e. The SMILES string of the molecule is CC(N)CN1CCC(=O)NCC1C. The van der Waals surface area contributed by atoms with Crippen LogP contribution < -0.4 is 11.1 Å². The summed E-state index contributed by atoms with van der Waals surface area (Å²) in [6.45, 7) is 6.55. The Labute approximate surface area is 79.5 Å². The summed E-state index contributed by atoms with van der Waals surface area (Å²) in [6, 6.07) is 0.577. The first-order valence-corrected chi connectivity index (χ1v) is 4.86. The largest absolute Gasteiger partial charge is 0.355 e. The predicted molar refractivity (Wildman–Crippen MR) is 52.3 cm³/mol.